The molecule has 5 rings (SSSR count). The Balaban J connectivity index is 1.23. The van der Waals surface area contributed by atoms with E-state index < -0.39 is 0 Å². The third kappa shape index (κ3) is 3.61. The molecule has 1 saturated heterocycles. The van der Waals surface area contributed by atoms with E-state index in [4.69, 9.17) is 4.42 Å². The Morgan fingerprint density at radius 1 is 1.00 bits per heavy atom. The zero-order valence-corrected chi connectivity index (χ0v) is 16.4. The van der Waals surface area contributed by atoms with Gasteiger partial charge >= 0.3 is 0 Å². The third-order valence-electron chi connectivity index (χ3n) is 5.50. The van der Waals surface area contributed by atoms with Gasteiger partial charge in [0.15, 0.2) is 0 Å². The summed E-state index contributed by atoms with van der Waals surface area (Å²) in [6.07, 6.45) is 10.3. The van der Waals surface area contributed by atoms with Crippen LogP contribution in [0.2, 0.25) is 0 Å². The minimum Gasteiger partial charge on any atom is -0.464 e. The number of pyridine rings is 1. The normalized spacial score (nSPS) is 14.7. The van der Waals surface area contributed by atoms with Crippen LogP contribution < -0.4 is 10.2 Å². The number of nitrogens with zero attached hydrogens (tertiary/aromatic N) is 4. The number of carbonyl (C=O) groups is 1. The maximum Gasteiger partial charge on any atom is 0.251 e. The Labute approximate surface area is 173 Å². The molecule has 0 atom stereocenters. The average molecular weight is 399 g/mol. The van der Waals surface area contributed by atoms with Gasteiger partial charge in [-0.3, -0.25) is 14.8 Å². The standard InChI is InChI=1S/C23H21N5O2/c29-23(27-18-6-12-28(13-7-18)21-15-24-10-11-25-21)17-3-1-16(2-4-17)22-19-8-14-30-20(19)5-9-26-22/h1-5,8-11,14-15,18H,6-7,12-13H2,(H,27,29). The van der Waals surface area contributed by atoms with E-state index in [1.807, 2.05) is 36.4 Å². The van der Waals surface area contributed by atoms with E-state index in [2.05, 4.69) is 25.2 Å². The minimum atomic E-state index is -0.0472. The summed E-state index contributed by atoms with van der Waals surface area (Å²) in [7, 11) is 0. The van der Waals surface area contributed by atoms with Crippen LogP contribution >= 0.6 is 0 Å². The number of piperidine rings is 1. The number of amides is 1. The Hall–Kier alpha value is -3.74. The van der Waals surface area contributed by atoms with Gasteiger partial charge in [-0.2, -0.15) is 0 Å². The zero-order chi connectivity index (χ0) is 20.3. The molecule has 1 fully saturated rings. The van der Waals surface area contributed by atoms with Crippen LogP contribution in [0.4, 0.5) is 5.82 Å². The van der Waals surface area contributed by atoms with Crippen molar-refractivity contribution in [3.05, 3.63) is 73.0 Å². The molecule has 1 amide bonds. The number of hydrogen-bond donors (Lipinski definition) is 1. The fourth-order valence-corrected chi connectivity index (χ4v) is 3.88. The van der Waals surface area contributed by atoms with Crippen molar-refractivity contribution in [1.29, 1.82) is 0 Å². The first-order valence-corrected chi connectivity index (χ1v) is 10.0. The lowest BCUT2D eigenvalue weighted by molar-refractivity contribution is 0.0931. The molecule has 1 aromatic carbocycles. The fraction of sp³-hybridized carbons (Fsp3) is 0.217. The molecule has 1 aliphatic rings. The first-order valence-electron chi connectivity index (χ1n) is 10.0. The van der Waals surface area contributed by atoms with Gasteiger partial charge in [0.2, 0.25) is 0 Å². The van der Waals surface area contributed by atoms with E-state index in [0.29, 0.717) is 5.56 Å². The van der Waals surface area contributed by atoms with Crippen LogP contribution in [0.3, 0.4) is 0 Å². The Kier molecular flexibility index (Phi) is 4.85. The highest BCUT2D eigenvalue weighted by Crippen LogP contribution is 2.27. The van der Waals surface area contributed by atoms with Crippen molar-refractivity contribution in [2.24, 2.45) is 0 Å². The smallest absolute Gasteiger partial charge is 0.251 e. The lowest BCUT2D eigenvalue weighted by Crippen LogP contribution is -2.45. The summed E-state index contributed by atoms with van der Waals surface area (Å²) >= 11 is 0. The van der Waals surface area contributed by atoms with Crippen molar-refractivity contribution < 1.29 is 9.21 Å². The van der Waals surface area contributed by atoms with Gasteiger partial charge in [0.1, 0.15) is 11.4 Å². The van der Waals surface area contributed by atoms with Gasteiger partial charge in [0.25, 0.3) is 5.91 Å². The van der Waals surface area contributed by atoms with E-state index in [0.717, 1.165) is 54.0 Å². The van der Waals surface area contributed by atoms with Gasteiger partial charge in [-0.1, -0.05) is 12.1 Å². The maximum absolute atomic E-state index is 12.7. The molecule has 0 bridgehead atoms. The number of aromatic nitrogens is 3. The minimum absolute atomic E-state index is 0.0472. The summed E-state index contributed by atoms with van der Waals surface area (Å²) in [6.45, 7) is 1.70. The van der Waals surface area contributed by atoms with Crippen LogP contribution in [0, 0.1) is 0 Å². The second kappa shape index (κ2) is 7.94. The second-order valence-corrected chi connectivity index (χ2v) is 7.37. The van der Waals surface area contributed by atoms with E-state index in [-0.39, 0.29) is 11.9 Å². The molecular weight excluding hydrogens is 378 g/mol. The summed E-state index contributed by atoms with van der Waals surface area (Å²) < 4.78 is 5.45. The average Bonchev–Trinajstić information content (AvgIpc) is 3.29. The Morgan fingerprint density at radius 2 is 1.83 bits per heavy atom. The molecular formula is C23H21N5O2. The largest absolute Gasteiger partial charge is 0.464 e. The summed E-state index contributed by atoms with van der Waals surface area (Å²) in [5, 5.41) is 4.12. The van der Waals surface area contributed by atoms with Crippen molar-refractivity contribution >= 4 is 22.7 Å². The summed E-state index contributed by atoms with van der Waals surface area (Å²) in [6, 6.07) is 11.5. The summed E-state index contributed by atoms with van der Waals surface area (Å²) in [5.74, 6) is 0.841. The number of fused-ring (bicyclic) bond motifs is 1. The topological polar surface area (TPSA) is 84.2 Å². The fourth-order valence-electron chi connectivity index (χ4n) is 3.88. The van der Waals surface area contributed by atoms with Gasteiger partial charge in [-0.25, -0.2) is 4.98 Å². The molecule has 150 valence electrons. The SMILES string of the molecule is O=C(NC1CCN(c2cnccn2)CC1)c1ccc(-c2nccc3occc23)cc1. The number of furan rings is 1. The van der Waals surface area contributed by atoms with Crippen LogP contribution in [0.25, 0.3) is 22.2 Å². The second-order valence-electron chi connectivity index (χ2n) is 7.37. The van der Waals surface area contributed by atoms with E-state index in [1.165, 1.54) is 0 Å². The highest BCUT2D eigenvalue weighted by Gasteiger charge is 2.22. The molecule has 0 saturated carbocycles. The van der Waals surface area contributed by atoms with Crippen LogP contribution in [0.5, 0.6) is 0 Å². The number of carbonyl (C=O) groups excluding carboxylic acids is 1. The Bertz CT molecular complexity index is 1150. The molecule has 3 aromatic heterocycles. The molecule has 7 heteroatoms. The van der Waals surface area contributed by atoms with E-state index >= 15 is 0 Å². The highest BCUT2D eigenvalue weighted by molar-refractivity contribution is 5.96. The van der Waals surface area contributed by atoms with Crippen LogP contribution in [-0.2, 0) is 0 Å². The number of hydrogen-bond acceptors (Lipinski definition) is 6. The van der Waals surface area contributed by atoms with Crippen molar-refractivity contribution in [1.82, 2.24) is 20.3 Å². The maximum atomic E-state index is 12.7. The lowest BCUT2D eigenvalue weighted by Gasteiger charge is -2.32. The van der Waals surface area contributed by atoms with Crippen molar-refractivity contribution in [2.75, 3.05) is 18.0 Å². The predicted octanol–water partition coefficient (Wildman–Crippen LogP) is 3.68. The quantitative estimate of drug-likeness (QED) is 0.564. The molecule has 7 nitrogen and oxygen atoms in total. The summed E-state index contributed by atoms with van der Waals surface area (Å²) in [5.41, 5.74) is 3.25. The molecule has 0 spiro atoms. The molecule has 30 heavy (non-hydrogen) atoms. The number of nitrogens with one attached hydrogen (secondary N) is 1. The third-order valence-corrected chi connectivity index (χ3v) is 5.50. The number of rotatable bonds is 4. The highest BCUT2D eigenvalue weighted by atomic mass is 16.3. The first-order chi connectivity index (χ1) is 14.8. The zero-order valence-electron chi connectivity index (χ0n) is 16.4. The number of anilines is 1. The van der Waals surface area contributed by atoms with Crippen LogP contribution in [0.1, 0.15) is 23.2 Å². The van der Waals surface area contributed by atoms with E-state index in [1.54, 1.807) is 31.1 Å². The van der Waals surface area contributed by atoms with Crippen molar-refractivity contribution in [3.63, 3.8) is 0 Å². The van der Waals surface area contributed by atoms with Gasteiger partial charge < -0.3 is 14.6 Å². The van der Waals surface area contributed by atoms with Crippen LogP contribution in [-0.4, -0.2) is 40.0 Å². The molecule has 1 N–H and O–H groups in total. The van der Waals surface area contributed by atoms with Crippen molar-refractivity contribution in [3.8, 4) is 11.3 Å². The summed E-state index contributed by atoms with van der Waals surface area (Å²) in [4.78, 5) is 27.9. The van der Waals surface area contributed by atoms with Crippen LogP contribution in [0.15, 0.2) is 71.9 Å². The molecule has 1 aliphatic heterocycles. The van der Waals surface area contributed by atoms with Gasteiger partial charge in [0.05, 0.1) is 18.2 Å². The predicted molar refractivity (Wildman–Crippen MR) is 114 cm³/mol. The van der Waals surface area contributed by atoms with Crippen molar-refractivity contribution in [2.45, 2.75) is 18.9 Å². The molecule has 0 unspecified atom stereocenters. The molecule has 0 aliphatic carbocycles. The lowest BCUT2D eigenvalue weighted by atomic mass is 10.0. The molecule has 0 radical (unpaired) electrons. The number of benzene rings is 1. The molecule has 4 heterocycles. The van der Waals surface area contributed by atoms with Gasteiger partial charge in [-0.15, -0.1) is 0 Å². The Morgan fingerprint density at radius 3 is 2.60 bits per heavy atom. The molecule has 4 aromatic rings. The first kappa shape index (κ1) is 18.3. The van der Waals surface area contributed by atoms with E-state index in [9.17, 15) is 4.79 Å². The van der Waals surface area contributed by atoms with Gasteiger partial charge in [0, 0.05) is 54.2 Å². The monoisotopic (exact) mass is 399 g/mol. The van der Waals surface area contributed by atoms with Gasteiger partial charge in [-0.05, 0) is 37.1 Å².